The summed E-state index contributed by atoms with van der Waals surface area (Å²) in [6, 6.07) is 5.70. The average molecular weight is 272 g/mol. The summed E-state index contributed by atoms with van der Waals surface area (Å²) in [5.41, 5.74) is 13.0. The Labute approximate surface area is 118 Å². The molecule has 0 saturated carbocycles. The number of unbranched alkanes of at least 4 members (excludes halogenated alkanes) is 1. The maximum Gasteiger partial charge on any atom is 0.236 e. The van der Waals surface area contributed by atoms with Crippen molar-refractivity contribution in [2.75, 3.05) is 23.7 Å². The lowest BCUT2D eigenvalue weighted by Crippen LogP contribution is -2.34. The summed E-state index contributed by atoms with van der Waals surface area (Å²) in [5.74, 6) is -0.333. The van der Waals surface area contributed by atoms with Crippen LogP contribution in [0.1, 0.15) is 19.8 Å². The molecule has 0 saturated heterocycles. The number of carbonyl (C=O) groups is 1. The van der Waals surface area contributed by atoms with E-state index >= 15 is 0 Å². The molecule has 0 spiro atoms. The molecule has 0 bridgehead atoms. The monoisotopic (exact) mass is 272 g/mol. The predicted octanol–water partition coefficient (Wildman–Crippen LogP) is 1.91. The van der Waals surface area contributed by atoms with Crippen molar-refractivity contribution in [1.82, 2.24) is 4.98 Å². The van der Waals surface area contributed by atoms with Gasteiger partial charge in [-0.1, -0.05) is 13.3 Å². The highest BCUT2D eigenvalue weighted by molar-refractivity contribution is 6.01. The van der Waals surface area contributed by atoms with Crippen molar-refractivity contribution < 1.29 is 4.79 Å². The van der Waals surface area contributed by atoms with Crippen molar-refractivity contribution in [2.24, 2.45) is 5.73 Å². The maximum absolute atomic E-state index is 11.3. The lowest BCUT2D eigenvalue weighted by atomic mass is 10.1. The van der Waals surface area contributed by atoms with Crippen LogP contribution < -0.4 is 16.4 Å². The first kappa shape index (κ1) is 14.1. The molecule has 5 heteroatoms. The first-order chi connectivity index (χ1) is 9.63. The van der Waals surface area contributed by atoms with Crippen LogP contribution in [0, 0.1) is 0 Å². The van der Waals surface area contributed by atoms with Gasteiger partial charge >= 0.3 is 0 Å². The number of nitrogen functional groups attached to an aromatic ring is 1. The lowest BCUT2D eigenvalue weighted by molar-refractivity contribution is -0.116. The van der Waals surface area contributed by atoms with Gasteiger partial charge in [-0.15, -0.1) is 0 Å². The first-order valence-electron chi connectivity index (χ1n) is 6.79. The van der Waals surface area contributed by atoms with Crippen molar-refractivity contribution in [3.8, 4) is 0 Å². The molecular weight excluding hydrogens is 252 g/mol. The number of carbonyl (C=O) groups excluding carboxylic acids is 1. The Morgan fingerprint density at radius 2 is 2.10 bits per heavy atom. The summed E-state index contributed by atoms with van der Waals surface area (Å²) in [7, 11) is 0. The second-order valence-electron chi connectivity index (χ2n) is 4.84. The number of fused-ring (bicyclic) bond motifs is 1. The summed E-state index contributed by atoms with van der Waals surface area (Å²) in [5, 5.41) is 1.90. The van der Waals surface area contributed by atoms with Crippen LogP contribution >= 0.6 is 0 Å². The third-order valence-corrected chi connectivity index (χ3v) is 3.30. The topological polar surface area (TPSA) is 85.2 Å². The number of nitrogens with two attached hydrogens (primary N) is 2. The quantitative estimate of drug-likeness (QED) is 0.787. The Kier molecular flexibility index (Phi) is 4.40. The second kappa shape index (κ2) is 6.23. The van der Waals surface area contributed by atoms with Crippen molar-refractivity contribution in [3.05, 3.63) is 30.6 Å². The lowest BCUT2D eigenvalue weighted by Gasteiger charge is -2.25. The van der Waals surface area contributed by atoms with Crippen LogP contribution in [-0.2, 0) is 4.79 Å². The van der Waals surface area contributed by atoms with Gasteiger partial charge in [0.15, 0.2) is 0 Å². The SMILES string of the molecule is CCCCN(CC(N)=O)c1ccc(N)c2cnccc12. The average Bonchev–Trinajstić information content (AvgIpc) is 2.44. The second-order valence-corrected chi connectivity index (χ2v) is 4.84. The van der Waals surface area contributed by atoms with E-state index in [1.54, 1.807) is 12.4 Å². The number of amides is 1. The van der Waals surface area contributed by atoms with Crippen LogP contribution in [0.3, 0.4) is 0 Å². The van der Waals surface area contributed by atoms with Crippen molar-refractivity contribution in [3.63, 3.8) is 0 Å². The van der Waals surface area contributed by atoms with Gasteiger partial charge in [-0.05, 0) is 24.6 Å². The van der Waals surface area contributed by atoms with E-state index in [1.807, 2.05) is 23.1 Å². The van der Waals surface area contributed by atoms with E-state index in [1.165, 1.54) is 0 Å². The van der Waals surface area contributed by atoms with Gasteiger partial charge in [-0.2, -0.15) is 0 Å². The van der Waals surface area contributed by atoms with E-state index in [-0.39, 0.29) is 12.5 Å². The minimum absolute atomic E-state index is 0.210. The molecule has 0 aliphatic heterocycles. The normalized spacial score (nSPS) is 10.7. The van der Waals surface area contributed by atoms with Crippen LogP contribution in [0.4, 0.5) is 11.4 Å². The van der Waals surface area contributed by atoms with Gasteiger partial charge in [0, 0.05) is 41.1 Å². The molecule has 2 rings (SSSR count). The molecule has 1 aromatic heterocycles. The summed E-state index contributed by atoms with van der Waals surface area (Å²) in [6.07, 6.45) is 5.54. The number of primary amides is 1. The van der Waals surface area contributed by atoms with Crippen LogP contribution in [-0.4, -0.2) is 24.0 Å². The van der Waals surface area contributed by atoms with Crippen LogP contribution in [0.15, 0.2) is 30.6 Å². The van der Waals surface area contributed by atoms with E-state index in [2.05, 4.69) is 11.9 Å². The molecule has 1 amide bonds. The van der Waals surface area contributed by atoms with Gasteiger partial charge in [0.25, 0.3) is 0 Å². The molecule has 0 fully saturated rings. The molecule has 1 aromatic carbocycles. The van der Waals surface area contributed by atoms with E-state index < -0.39 is 0 Å². The Morgan fingerprint density at radius 3 is 2.80 bits per heavy atom. The highest BCUT2D eigenvalue weighted by Crippen LogP contribution is 2.30. The van der Waals surface area contributed by atoms with Crippen molar-refractivity contribution >= 4 is 28.1 Å². The van der Waals surface area contributed by atoms with Gasteiger partial charge in [-0.3, -0.25) is 9.78 Å². The summed E-state index contributed by atoms with van der Waals surface area (Å²) in [4.78, 5) is 17.4. The third-order valence-electron chi connectivity index (χ3n) is 3.30. The number of pyridine rings is 1. The summed E-state index contributed by atoms with van der Waals surface area (Å²) < 4.78 is 0. The molecule has 5 nitrogen and oxygen atoms in total. The van der Waals surface area contributed by atoms with Crippen LogP contribution in [0.2, 0.25) is 0 Å². The zero-order chi connectivity index (χ0) is 14.5. The molecule has 1 heterocycles. The largest absolute Gasteiger partial charge is 0.398 e. The highest BCUT2D eigenvalue weighted by Gasteiger charge is 2.13. The minimum atomic E-state index is -0.333. The highest BCUT2D eigenvalue weighted by atomic mass is 16.1. The molecular formula is C15H20N4O. The van der Waals surface area contributed by atoms with Gasteiger partial charge in [0.1, 0.15) is 0 Å². The predicted molar refractivity (Wildman–Crippen MR) is 82.5 cm³/mol. The molecule has 0 aliphatic rings. The summed E-state index contributed by atoms with van der Waals surface area (Å²) in [6.45, 7) is 3.12. The fraction of sp³-hybridized carbons (Fsp3) is 0.333. The zero-order valence-electron chi connectivity index (χ0n) is 11.7. The molecule has 2 aromatic rings. The molecule has 4 N–H and O–H groups in total. The molecule has 0 radical (unpaired) electrons. The third kappa shape index (κ3) is 2.99. The number of hydrogen-bond donors (Lipinski definition) is 2. The zero-order valence-corrected chi connectivity index (χ0v) is 11.7. The number of aromatic nitrogens is 1. The summed E-state index contributed by atoms with van der Waals surface area (Å²) >= 11 is 0. The Balaban J connectivity index is 2.46. The molecule has 0 unspecified atom stereocenters. The number of nitrogens with zero attached hydrogens (tertiary/aromatic N) is 2. The van der Waals surface area contributed by atoms with E-state index in [0.717, 1.165) is 35.8 Å². The smallest absolute Gasteiger partial charge is 0.236 e. The Bertz CT molecular complexity index is 612. The van der Waals surface area contributed by atoms with Gasteiger partial charge < -0.3 is 16.4 Å². The fourth-order valence-electron chi connectivity index (χ4n) is 2.29. The fourth-order valence-corrected chi connectivity index (χ4v) is 2.29. The molecule has 20 heavy (non-hydrogen) atoms. The minimum Gasteiger partial charge on any atom is -0.398 e. The van der Waals surface area contributed by atoms with Gasteiger partial charge in [-0.25, -0.2) is 0 Å². The van der Waals surface area contributed by atoms with E-state index in [4.69, 9.17) is 11.5 Å². The van der Waals surface area contributed by atoms with Crippen molar-refractivity contribution in [1.29, 1.82) is 0 Å². The number of hydrogen-bond acceptors (Lipinski definition) is 4. The maximum atomic E-state index is 11.3. The Morgan fingerprint density at radius 1 is 1.30 bits per heavy atom. The number of benzene rings is 1. The molecule has 0 atom stereocenters. The number of anilines is 2. The number of rotatable bonds is 6. The Hall–Kier alpha value is -2.30. The van der Waals surface area contributed by atoms with Crippen molar-refractivity contribution in [2.45, 2.75) is 19.8 Å². The van der Waals surface area contributed by atoms with Gasteiger partial charge in [0.2, 0.25) is 5.91 Å². The standard InChI is InChI=1S/C15H20N4O/c1-2-3-8-19(10-15(17)20)14-5-4-13(16)12-9-18-7-6-11(12)14/h4-7,9H,2-3,8,10,16H2,1H3,(H2,17,20). The van der Waals surface area contributed by atoms with E-state index in [9.17, 15) is 4.79 Å². The van der Waals surface area contributed by atoms with Crippen LogP contribution in [0.5, 0.6) is 0 Å². The van der Waals surface area contributed by atoms with E-state index in [0.29, 0.717) is 5.69 Å². The first-order valence-corrected chi connectivity index (χ1v) is 6.79. The molecule has 106 valence electrons. The van der Waals surface area contributed by atoms with Gasteiger partial charge in [0.05, 0.1) is 6.54 Å². The van der Waals surface area contributed by atoms with Crippen LogP contribution in [0.25, 0.3) is 10.8 Å². The molecule has 0 aliphatic carbocycles.